The van der Waals surface area contributed by atoms with Crippen molar-refractivity contribution < 1.29 is 69.0 Å². The Morgan fingerprint density at radius 3 is 1.55 bits per heavy atom. The van der Waals surface area contributed by atoms with Crippen LogP contribution < -0.4 is 0 Å². The number of ether oxygens (including phenoxy) is 6. The summed E-state index contributed by atoms with van der Waals surface area (Å²) in [6.45, 7) is 3.42. The van der Waals surface area contributed by atoms with Crippen molar-refractivity contribution in [2.45, 2.75) is 191 Å². The summed E-state index contributed by atoms with van der Waals surface area (Å²) < 4.78 is 34.0. The summed E-state index contributed by atoms with van der Waals surface area (Å²) in [5.74, 6) is -0.462. The van der Waals surface area contributed by atoms with E-state index in [1.165, 1.54) is 38.5 Å². The molecule has 0 bridgehead atoms. The highest BCUT2D eigenvalue weighted by atomic mass is 16.7. The van der Waals surface area contributed by atoms with Gasteiger partial charge in [0, 0.05) is 13.0 Å². The van der Waals surface area contributed by atoms with Crippen molar-refractivity contribution in [3.05, 3.63) is 72.9 Å². The van der Waals surface area contributed by atoms with Crippen molar-refractivity contribution >= 4 is 5.97 Å². The third kappa shape index (κ3) is 23.9. The molecule has 2 aliphatic rings. The molecule has 14 heteroatoms. The summed E-state index contributed by atoms with van der Waals surface area (Å²) in [5, 5.41) is 71.8. The van der Waals surface area contributed by atoms with Gasteiger partial charge in [-0.05, 0) is 51.4 Å². The molecule has 356 valence electrons. The van der Waals surface area contributed by atoms with E-state index in [0.29, 0.717) is 13.0 Å². The van der Waals surface area contributed by atoms with Crippen LogP contribution in [-0.2, 0) is 33.2 Å². The lowest BCUT2D eigenvalue weighted by molar-refractivity contribution is -0.332. The molecule has 7 N–H and O–H groups in total. The van der Waals surface area contributed by atoms with Gasteiger partial charge in [-0.3, -0.25) is 4.79 Å². The molecule has 2 heterocycles. The predicted octanol–water partition coefficient (Wildman–Crippen LogP) is 5.56. The average molecular weight is 881 g/mol. The molecule has 2 fully saturated rings. The molecule has 62 heavy (non-hydrogen) atoms. The molecule has 0 radical (unpaired) electrons. The van der Waals surface area contributed by atoms with Crippen molar-refractivity contribution in [2.75, 3.05) is 33.0 Å². The number of hydrogen-bond donors (Lipinski definition) is 7. The van der Waals surface area contributed by atoms with Gasteiger partial charge in [0.05, 0.1) is 26.4 Å². The second-order valence-electron chi connectivity index (χ2n) is 15.8. The van der Waals surface area contributed by atoms with Crippen LogP contribution in [0.3, 0.4) is 0 Å². The molecule has 11 unspecified atom stereocenters. The van der Waals surface area contributed by atoms with Crippen molar-refractivity contribution in [3.63, 3.8) is 0 Å². The Hall–Kier alpha value is -2.57. The maximum atomic E-state index is 12.9. The quantitative estimate of drug-likeness (QED) is 0.0240. The van der Waals surface area contributed by atoms with Crippen LogP contribution >= 0.6 is 0 Å². The standard InChI is InChI=1S/C48H80O14/c1-3-5-7-9-11-13-14-15-16-17-18-19-20-21-22-23-25-27-29-31-40(50)60-37(34-57-32-30-28-26-24-12-10-8-6-4-2)35-58-47-46(56)44(54)42(52)39(62-47)36-59-48-45(55)43(53)41(51)38(33-49)61-48/h5,7,11,13,15-16,18-19,21-22,25,27,37-39,41-49,51-56H,3-4,6,8-10,12,14,17,20,23-24,26,28-36H2,1-2H3/b7-5-,13-11-,16-15-,19-18-,22-21-,27-25-. The highest BCUT2D eigenvalue weighted by Gasteiger charge is 2.47. The Morgan fingerprint density at radius 1 is 0.548 bits per heavy atom. The number of carbonyl (C=O) groups excluding carboxylic acids is 1. The first-order valence-electron chi connectivity index (χ1n) is 23.0. The highest BCUT2D eigenvalue weighted by molar-refractivity contribution is 5.69. The van der Waals surface area contributed by atoms with Crippen LogP contribution in [-0.4, -0.2) is 142 Å². The van der Waals surface area contributed by atoms with Gasteiger partial charge in [0.15, 0.2) is 12.6 Å². The fourth-order valence-electron chi connectivity index (χ4n) is 6.72. The molecule has 2 aliphatic heterocycles. The van der Waals surface area contributed by atoms with Gasteiger partial charge in [-0.1, -0.05) is 138 Å². The van der Waals surface area contributed by atoms with Crippen molar-refractivity contribution in [3.8, 4) is 0 Å². The van der Waals surface area contributed by atoms with Crippen molar-refractivity contribution in [1.29, 1.82) is 0 Å². The Labute approximate surface area is 370 Å². The van der Waals surface area contributed by atoms with Crippen molar-refractivity contribution in [2.24, 2.45) is 0 Å². The van der Waals surface area contributed by atoms with Gasteiger partial charge in [0.2, 0.25) is 0 Å². The number of allylic oxidation sites excluding steroid dienone is 12. The third-order valence-corrected chi connectivity index (χ3v) is 10.5. The lowest BCUT2D eigenvalue weighted by Gasteiger charge is -2.42. The second-order valence-corrected chi connectivity index (χ2v) is 15.8. The van der Waals surface area contributed by atoms with Crippen LogP contribution in [0.2, 0.25) is 0 Å². The molecular formula is C48H80O14. The third-order valence-electron chi connectivity index (χ3n) is 10.5. The van der Waals surface area contributed by atoms with E-state index in [9.17, 15) is 40.5 Å². The van der Waals surface area contributed by atoms with Gasteiger partial charge in [-0.15, -0.1) is 0 Å². The highest BCUT2D eigenvalue weighted by Crippen LogP contribution is 2.26. The zero-order valence-corrected chi connectivity index (χ0v) is 37.3. The molecular weight excluding hydrogens is 801 g/mol. The molecule has 2 rings (SSSR count). The number of carbonyl (C=O) groups is 1. The Bertz CT molecular complexity index is 1300. The van der Waals surface area contributed by atoms with Crippen LogP contribution in [0.15, 0.2) is 72.9 Å². The first-order chi connectivity index (χ1) is 30.1. The molecule has 0 spiro atoms. The second kappa shape index (κ2) is 35.7. The van der Waals surface area contributed by atoms with Gasteiger partial charge in [-0.2, -0.15) is 0 Å². The van der Waals surface area contributed by atoms with Gasteiger partial charge in [-0.25, -0.2) is 0 Å². The van der Waals surface area contributed by atoms with E-state index in [0.717, 1.165) is 57.8 Å². The summed E-state index contributed by atoms with van der Waals surface area (Å²) in [4.78, 5) is 12.9. The average Bonchev–Trinajstić information content (AvgIpc) is 3.27. The lowest BCUT2D eigenvalue weighted by Crippen LogP contribution is -2.61. The smallest absolute Gasteiger partial charge is 0.306 e. The fraction of sp³-hybridized carbons (Fsp3) is 0.729. The first kappa shape index (κ1) is 55.6. The fourth-order valence-corrected chi connectivity index (χ4v) is 6.72. The van der Waals surface area contributed by atoms with Crippen LogP contribution in [0.4, 0.5) is 0 Å². The molecule has 11 atom stereocenters. The molecule has 0 aromatic heterocycles. The van der Waals surface area contributed by atoms with E-state index in [4.69, 9.17) is 28.4 Å². The number of unbranched alkanes of at least 4 members (excludes halogenated alkanes) is 8. The van der Waals surface area contributed by atoms with Gasteiger partial charge < -0.3 is 64.2 Å². The van der Waals surface area contributed by atoms with E-state index in [1.54, 1.807) is 0 Å². The maximum Gasteiger partial charge on any atom is 0.306 e. The minimum atomic E-state index is -1.72. The molecule has 0 aromatic carbocycles. The zero-order chi connectivity index (χ0) is 45.2. The summed E-state index contributed by atoms with van der Waals surface area (Å²) >= 11 is 0. The van der Waals surface area contributed by atoms with E-state index >= 15 is 0 Å². The molecule has 0 amide bonds. The minimum absolute atomic E-state index is 0.0281. The molecule has 14 nitrogen and oxygen atoms in total. The van der Waals surface area contributed by atoms with Gasteiger partial charge >= 0.3 is 5.97 Å². The number of hydrogen-bond acceptors (Lipinski definition) is 14. The number of esters is 1. The van der Waals surface area contributed by atoms with Crippen LogP contribution in [0, 0.1) is 0 Å². The number of aliphatic hydroxyl groups is 7. The summed E-state index contributed by atoms with van der Waals surface area (Å²) in [6, 6.07) is 0. The predicted molar refractivity (Wildman–Crippen MR) is 238 cm³/mol. The largest absolute Gasteiger partial charge is 0.457 e. The normalized spacial score (nSPS) is 27.9. The van der Waals surface area contributed by atoms with Crippen molar-refractivity contribution in [1.82, 2.24) is 0 Å². The van der Waals surface area contributed by atoms with Gasteiger partial charge in [0.1, 0.15) is 54.9 Å². The summed E-state index contributed by atoms with van der Waals surface area (Å²) in [5.41, 5.74) is 0. The lowest BCUT2D eigenvalue weighted by atomic mass is 9.98. The molecule has 0 aromatic rings. The van der Waals surface area contributed by atoms with E-state index in [-0.39, 0.29) is 19.6 Å². The summed E-state index contributed by atoms with van der Waals surface area (Å²) in [7, 11) is 0. The molecule has 0 saturated carbocycles. The van der Waals surface area contributed by atoms with E-state index < -0.39 is 86.7 Å². The Balaban J connectivity index is 1.83. The van der Waals surface area contributed by atoms with Crippen LogP contribution in [0.1, 0.15) is 123 Å². The zero-order valence-electron chi connectivity index (χ0n) is 37.3. The van der Waals surface area contributed by atoms with Crippen LogP contribution in [0.5, 0.6) is 0 Å². The van der Waals surface area contributed by atoms with E-state index in [2.05, 4.69) is 74.6 Å². The van der Waals surface area contributed by atoms with Gasteiger partial charge in [0.25, 0.3) is 0 Å². The molecule has 2 saturated heterocycles. The van der Waals surface area contributed by atoms with E-state index in [1.807, 2.05) is 12.2 Å². The first-order valence-corrected chi connectivity index (χ1v) is 23.0. The Morgan fingerprint density at radius 2 is 1.02 bits per heavy atom. The number of aliphatic hydroxyl groups excluding tert-OH is 7. The number of rotatable bonds is 34. The summed E-state index contributed by atoms with van der Waals surface area (Å²) in [6.07, 6.45) is 25.6. The molecule has 0 aliphatic carbocycles. The van der Waals surface area contributed by atoms with Crippen LogP contribution in [0.25, 0.3) is 0 Å². The topological polar surface area (TPSA) is 214 Å². The Kier molecular flexibility index (Phi) is 32.0. The SMILES string of the molecule is CC/C=C\C/C=C\C/C=C\C/C=C\C/C=C\C/C=C\CCC(=O)OC(COCCCCCCCCCCC)COC1OC(COC2OC(CO)C(O)C(O)C2O)C(O)C(O)C1O. The maximum absolute atomic E-state index is 12.9. The minimum Gasteiger partial charge on any atom is -0.457 e. The monoisotopic (exact) mass is 881 g/mol.